The van der Waals surface area contributed by atoms with E-state index in [-0.39, 0.29) is 12.3 Å². The molecule has 0 spiro atoms. The predicted molar refractivity (Wildman–Crippen MR) is 122 cm³/mol. The van der Waals surface area contributed by atoms with Gasteiger partial charge in [0.1, 0.15) is 0 Å². The first-order valence-corrected chi connectivity index (χ1v) is 10.5. The molecule has 1 aliphatic carbocycles. The first kappa shape index (κ1) is 22.5. The minimum atomic E-state index is -0.934. The van der Waals surface area contributed by atoms with Gasteiger partial charge in [-0.2, -0.15) is 5.10 Å². The highest BCUT2D eigenvalue weighted by atomic mass is 35.5. The number of benzene rings is 2. The molecule has 0 bridgehead atoms. The van der Waals surface area contributed by atoms with Crippen molar-refractivity contribution in [2.24, 2.45) is 5.10 Å². The molecular weight excluding hydrogens is 416 g/mol. The number of halogens is 1. The average molecular weight is 441 g/mol. The van der Waals surface area contributed by atoms with Gasteiger partial charge in [0, 0.05) is 22.1 Å². The van der Waals surface area contributed by atoms with Crippen molar-refractivity contribution in [3.63, 3.8) is 0 Å². The zero-order valence-corrected chi connectivity index (χ0v) is 18.3. The lowest BCUT2D eigenvalue weighted by Gasteiger charge is -2.19. The fourth-order valence-corrected chi connectivity index (χ4v) is 3.66. The number of hydrogen-bond donors (Lipinski definition) is 3. The number of aryl methyl sites for hydroxylation is 1. The molecule has 0 radical (unpaired) electrons. The third-order valence-corrected chi connectivity index (χ3v) is 5.57. The Morgan fingerprint density at radius 2 is 1.68 bits per heavy atom. The average Bonchev–Trinajstić information content (AvgIpc) is 2.75. The maximum atomic E-state index is 12.4. The van der Waals surface area contributed by atoms with E-state index in [1.54, 1.807) is 32.0 Å². The molecule has 3 N–H and O–H groups in total. The standard InChI is InChI=1S/C23H25ClN4O3/c1-14(13-21(29)25-20-12-5-8-16-7-3-4-9-17(16)20)27-28-23(31)22(30)26-19-11-6-10-18(24)15(19)2/h5-6,8,10-12H,3-4,7,9,13H2,1-2H3,(H,25,29)(H,26,30)(H,28,31)/b27-14+. The molecule has 2 aromatic carbocycles. The van der Waals surface area contributed by atoms with Crippen LogP contribution in [0.3, 0.4) is 0 Å². The molecule has 3 rings (SSSR count). The van der Waals surface area contributed by atoms with Gasteiger partial charge in [-0.05, 0) is 74.4 Å². The van der Waals surface area contributed by atoms with Crippen LogP contribution in [-0.4, -0.2) is 23.4 Å². The van der Waals surface area contributed by atoms with E-state index in [2.05, 4.69) is 27.2 Å². The van der Waals surface area contributed by atoms with Crippen molar-refractivity contribution in [2.75, 3.05) is 10.6 Å². The summed E-state index contributed by atoms with van der Waals surface area (Å²) in [6.45, 7) is 3.35. The van der Waals surface area contributed by atoms with Gasteiger partial charge in [0.2, 0.25) is 5.91 Å². The van der Waals surface area contributed by atoms with Crippen molar-refractivity contribution >= 4 is 46.4 Å². The van der Waals surface area contributed by atoms with E-state index in [0.29, 0.717) is 22.0 Å². The van der Waals surface area contributed by atoms with Gasteiger partial charge in [-0.25, -0.2) is 5.43 Å². The Hall–Kier alpha value is -3.19. The smallest absolute Gasteiger partial charge is 0.325 e. The SMILES string of the molecule is C/C(CC(=O)Nc1cccc2c1CCCC2)=N\NC(=O)C(=O)Nc1cccc(Cl)c1C. The molecule has 2 aromatic rings. The Balaban J connectivity index is 1.53. The molecule has 0 unspecified atom stereocenters. The van der Waals surface area contributed by atoms with E-state index >= 15 is 0 Å². The number of anilines is 2. The first-order chi connectivity index (χ1) is 14.8. The van der Waals surface area contributed by atoms with Crippen LogP contribution in [0.15, 0.2) is 41.5 Å². The molecule has 0 heterocycles. The quantitative estimate of drug-likeness (QED) is 0.372. The second kappa shape index (κ2) is 10.2. The predicted octanol–water partition coefficient (Wildman–Crippen LogP) is 3.99. The molecule has 0 aromatic heterocycles. The van der Waals surface area contributed by atoms with Crippen molar-refractivity contribution in [2.45, 2.75) is 46.0 Å². The molecule has 1 aliphatic rings. The van der Waals surface area contributed by atoms with Crippen LogP contribution >= 0.6 is 11.6 Å². The van der Waals surface area contributed by atoms with Gasteiger partial charge < -0.3 is 10.6 Å². The van der Waals surface area contributed by atoms with Crippen molar-refractivity contribution < 1.29 is 14.4 Å². The van der Waals surface area contributed by atoms with Gasteiger partial charge >= 0.3 is 11.8 Å². The normalized spacial score (nSPS) is 13.2. The summed E-state index contributed by atoms with van der Waals surface area (Å²) in [4.78, 5) is 36.5. The number of nitrogens with zero attached hydrogens (tertiary/aromatic N) is 1. The molecule has 0 fully saturated rings. The molecule has 0 saturated heterocycles. The van der Waals surface area contributed by atoms with Crippen molar-refractivity contribution in [1.82, 2.24) is 5.43 Å². The van der Waals surface area contributed by atoms with Gasteiger partial charge in [0.05, 0.1) is 6.42 Å². The Morgan fingerprint density at radius 3 is 2.48 bits per heavy atom. The molecule has 0 saturated carbocycles. The lowest BCUT2D eigenvalue weighted by Crippen LogP contribution is -2.33. The van der Waals surface area contributed by atoms with E-state index in [0.717, 1.165) is 24.9 Å². The maximum Gasteiger partial charge on any atom is 0.329 e. The van der Waals surface area contributed by atoms with Crippen LogP contribution in [0.25, 0.3) is 0 Å². The zero-order chi connectivity index (χ0) is 22.4. The summed E-state index contributed by atoms with van der Waals surface area (Å²) in [7, 11) is 0. The van der Waals surface area contributed by atoms with E-state index in [1.165, 1.54) is 17.5 Å². The number of hydrogen-bond acceptors (Lipinski definition) is 4. The van der Waals surface area contributed by atoms with Crippen molar-refractivity contribution in [3.05, 3.63) is 58.1 Å². The van der Waals surface area contributed by atoms with Gasteiger partial charge in [-0.1, -0.05) is 29.8 Å². The minimum Gasteiger partial charge on any atom is -0.325 e. The number of fused-ring (bicyclic) bond motifs is 1. The monoisotopic (exact) mass is 440 g/mol. The fraction of sp³-hybridized carbons (Fsp3) is 0.304. The zero-order valence-electron chi connectivity index (χ0n) is 17.5. The number of rotatable bonds is 5. The first-order valence-electron chi connectivity index (χ1n) is 10.2. The minimum absolute atomic E-state index is 0.00102. The lowest BCUT2D eigenvalue weighted by molar-refractivity contribution is -0.136. The third kappa shape index (κ3) is 5.92. The summed E-state index contributed by atoms with van der Waals surface area (Å²) < 4.78 is 0. The van der Waals surface area contributed by atoms with E-state index in [1.807, 2.05) is 12.1 Å². The highest BCUT2D eigenvalue weighted by Crippen LogP contribution is 2.28. The second-order valence-electron chi connectivity index (χ2n) is 7.53. The summed E-state index contributed by atoms with van der Waals surface area (Å²) in [6, 6.07) is 11.0. The van der Waals surface area contributed by atoms with Gasteiger partial charge in [0.25, 0.3) is 0 Å². The summed E-state index contributed by atoms with van der Waals surface area (Å²) in [5, 5.41) is 9.77. The topological polar surface area (TPSA) is 99.7 Å². The second-order valence-corrected chi connectivity index (χ2v) is 7.94. The molecule has 31 heavy (non-hydrogen) atoms. The highest BCUT2D eigenvalue weighted by molar-refractivity contribution is 6.40. The van der Waals surface area contributed by atoms with Crippen LogP contribution in [0, 0.1) is 6.92 Å². The van der Waals surface area contributed by atoms with Crippen LogP contribution in [0.1, 0.15) is 42.9 Å². The Labute approximate surface area is 186 Å². The van der Waals surface area contributed by atoms with E-state index in [4.69, 9.17) is 11.6 Å². The Bertz CT molecular complexity index is 1050. The molecule has 0 atom stereocenters. The fourth-order valence-electron chi connectivity index (χ4n) is 3.48. The third-order valence-electron chi connectivity index (χ3n) is 5.16. The number of hydrazone groups is 1. The number of amides is 3. The van der Waals surface area contributed by atoms with Gasteiger partial charge in [-0.15, -0.1) is 0 Å². The summed E-state index contributed by atoms with van der Waals surface area (Å²) in [5.41, 5.74) is 6.96. The van der Waals surface area contributed by atoms with E-state index < -0.39 is 11.8 Å². The number of carbonyl (C=O) groups is 3. The van der Waals surface area contributed by atoms with Crippen LogP contribution in [0.4, 0.5) is 11.4 Å². The van der Waals surface area contributed by atoms with Crippen LogP contribution in [0.2, 0.25) is 5.02 Å². The summed E-state index contributed by atoms with van der Waals surface area (Å²) in [6.07, 6.45) is 4.26. The summed E-state index contributed by atoms with van der Waals surface area (Å²) in [5.74, 6) is -2.04. The Morgan fingerprint density at radius 1 is 0.968 bits per heavy atom. The van der Waals surface area contributed by atoms with E-state index in [9.17, 15) is 14.4 Å². The van der Waals surface area contributed by atoms with Crippen molar-refractivity contribution in [1.29, 1.82) is 0 Å². The number of carbonyl (C=O) groups excluding carboxylic acids is 3. The molecular formula is C23H25ClN4O3. The van der Waals surface area contributed by atoms with Crippen LogP contribution in [0.5, 0.6) is 0 Å². The van der Waals surface area contributed by atoms with Crippen LogP contribution < -0.4 is 16.1 Å². The van der Waals surface area contributed by atoms with Gasteiger partial charge in [-0.3, -0.25) is 14.4 Å². The van der Waals surface area contributed by atoms with Crippen LogP contribution in [-0.2, 0) is 27.2 Å². The summed E-state index contributed by atoms with van der Waals surface area (Å²) >= 11 is 6.01. The molecule has 0 aliphatic heterocycles. The molecule has 3 amide bonds. The largest absolute Gasteiger partial charge is 0.329 e. The maximum absolute atomic E-state index is 12.4. The van der Waals surface area contributed by atoms with Gasteiger partial charge in [0.15, 0.2) is 0 Å². The lowest BCUT2D eigenvalue weighted by atomic mass is 9.90. The molecule has 7 nitrogen and oxygen atoms in total. The van der Waals surface area contributed by atoms with Crippen molar-refractivity contribution in [3.8, 4) is 0 Å². The number of nitrogens with one attached hydrogen (secondary N) is 3. The molecule has 162 valence electrons. The molecule has 8 heteroatoms. The highest BCUT2D eigenvalue weighted by Gasteiger charge is 2.17. The Kier molecular flexibility index (Phi) is 7.41.